The summed E-state index contributed by atoms with van der Waals surface area (Å²) in [7, 11) is 0. The smallest absolute Gasteiger partial charge is 0.266 e. The lowest BCUT2D eigenvalue weighted by Gasteiger charge is -2.15. The first-order valence-electron chi connectivity index (χ1n) is 9.03. The zero-order valence-electron chi connectivity index (χ0n) is 15.2. The van der Waals surface area contributed by atoms with E-state index < -0.39 is 0 Å². The summed E-state index contributed by atoms with van der Waals surface area (Å²) < 4.78 is 2.84. The Morgan fingerprint density at radius 3 is 2.69 bits per heavy atom. The van der Waals surface area contributed by atoms with Crippen molar-refractivity contribution >= 4 is 45.3 Å². The number of unbranched alkanes of at least 4 members (excludes halogenated alkanes) is 3. The molecule has 3 nitrogen and oxygen atoms in total. The summed E-state index contributed by atoms with van der Waals surface area (Å²) in [6.07, 6.45) is 4.86. The molecule has 0 aliphatic heterocycles. The molecular formula is C21H23IN2OS. The van der Waals surface area contributed by atoms with Crippen LogP contribution in [0, 0.1) is 10.5 Å². The third-order valence-electron chi connectivity index (χ3n) is 4.38. The number of benzene rings is 2. The molecule has 1 aromatic heterocycles. The summed E-state index contributed by atoms with van der Waals surface area (Å²) in [5.74, 6) is 0.980. The molecule has 0 spiro atoms. The van der Waals surface area contributed by atoms with Gasteiger partial charge in [-0.15, -0.1) is 0 Å². The van der Waals surface area contributed by atoms with E-state index in [4.69, 9.17) is 4.98 Å². The molecule has 0 saturated heterocycles. The predicted octanol–water partition coefficient (Wildman–Crippen LogP) is 5.97. The van der Waals surface area contributed by atoms with Gasteiger partial charge in [-0.3, -0.25) is 9.36 Å². The van der Waals surface area contributed by atoms with Crippen molar-refractivity contribution in [1.29, 1.82) is 0 Å². The van der Waals surface area contributed by atoms with Crippen molar-refractivity contribution in [1.82, 2.24) is 9.55 Å². The summed E-state index contributed by atoms with van der Waals surface area (Å²) in [6.45, 7) is 4.26. The Bertz CT molecular complexity index is 968. The van der Waals surface area contributed by atoms with Crippen molar-refractivity contribution in [3.8, 4) is 5.69 Å². The van der Waals surface area contributed by atoms with Crippen LogP contribution < -0.4 is 5.56 Å². The minimum atomic E-state index is 0.0128. The van der Waals surface area contributed by atoms with Crippen LogP contribution in [0.25, 0.3) is 16.6 Å². The number of fused-ring (bicyclic) bond motifs is 1. The maximum atomic E-state index is 13.3. The van der Waals surface area contributed by atoms with Crippen LogP contribution in [0.3, 0.4) is 0 Å². The molecule has 3 aromatic rings. The largest absolute Gasteiger partial charge is 0.268 e. The molecule has 1 heterocycles. The second kappa shape index (κ2) is 9.04. The van der Waals surface area contributed by atoms with Crippen LogP contribution in [-0.4, -0.2) is 15.3 Å². The SMILES string of the molecule is CCCCCCSc1nc2ccc(I)cc2c(=O)n1-c1ccccc1C. The fourth-order valence-electron chi connectivity index (χ4n) is 2.95. The van der Waals surface area contributed by atoms with E-state index in [9.17, 15) is 4.79 Å². The highest BCUT2D eigenvalue weighted by atomic mass is 127. The van der Waals surface area contributed by atoms with Crippen LogP contribution in [0.2, 0.25) is 0 Å². The van der Waals surface area contributed by atoms with Crippen molar-refractivity contribution in [3.63, 3.8) is 0 Å². The van der Waals surface area contributed by atoms with Gasteiger partial charge in [-0.1, -0.05) is 56.1 Å². The molecule has 136 valence electrons. The van der Waals surface area contributed by atoms with E-state index in [1.807, 2.05) is 49.4 Å². The Hall–Kier alpha value is -1.34. The molecule has 0 N–H and O–H groups in total. The number of hydrogen-bond acceptors (Lipinski definition) is 3. The molecule has 26 heavy (non-hydrogen) atoms. The number of hydrogen-bond donors (Lipinski definition) is 0. The van der Waals surface area contributed by atoms with Crippen LogP contribution in [-0.2, 0) is 0 Å². The van der Waals surface area contributed by atoms with Gasteiger partial charge in [0.05, 0.1) is 16.6 Å². The van der Waals surface area contributed by atoms with Gasteiger partial charge in [-0.05, 0) is 65.8 Å². The quantitative estimate of drug-likeness (QED) is 0.182. The van der Waals surface area contributed by atoms with Crippen molar-refractivity contribution in [2.75, 3.05) is 5.75 Å². The third-order valence-corrected chi connectivity index (χ3v) is 6.08. The summed E-state index contributed by atoms with van der Waals surface area (Å²) in [4.78, 5) is 18.1. The van der Waals surface area contributed by atoms with Gasteiger partial charge < -0.3 is 0 Å². The first-order valence-corrected chi connectivity index (χ1v) is 11.1. The fraction of sp³-hybridized carbons (Fsp3) is 0.333. The highest BCUT2D eigenvalue weighted by molar-refractivity contribution is 14.1. The van der Waals surface area contributed by atoms with Crippen LogP contribution in [0.5, 0.6) is 0 Å². The van der Waals surface area contributed by atoms with Crippen molar-refractivity contribution in [3.05, 3.63) is 62.0 Å². The maximum Gasteiger partial charge on any atom is 0.266 e. The summed E-state index contributed by atoms with van der Waals surface area (Å²) >= 11 is 3.92. The number of rotatable bonds is 7. The highest BCUT2D eigenvalue weighted by Gasteiger charge is 2.14. The standard InChI is InChI=1S/C21H23IN2OS/c1-3-4-5-8-13-26-21-23-18-12-11-16(22)14-17(18)20(25)24(21)19-10-7-6-9-15(19)2/h6-7,9-12,14H,3-5,8,13H2,1-2H3. The normalized spacial score (nSPS) is 11.2. The number of aromatic nitrogens is 2. The summed E-state index contributed by atoms with van der Waals surface area (Å²) in [5, 5.41) is 1.46. The second-order valence-corrected chi connectivity index (χ2v) is 8.70. The Morgan fingerprint density at radius 1 is 1.12 bits per heavy atom. The van der Waals surface area contributed by atoms with Crippen molar-refractivity contribution in [2.24, 2.45) is 0 Å². The monoisotopic (exact) mass is 478 g/mol. The first kappa shape index (κ1) is 19.4. The molecule has 0 bridgehead atoms. The van der Waals surface area contributed by atoms with Crippen LogP contribution in [0.15, 0.2) is 52.4 Å². The molecule has 0 atom stereocenters. The van der Waals surface area contributed by atoms with Gasteiger partial charge >= 0.3 is 0 Å². The van der Waals surface area contributed by atoms with E-state index in [0.29, 0.717) is 5.39 Å². The molecule has 2 aromatic carbocycles. The lowest BCUT2D eigenvalue weighted by atomic mass is 10.2. The van der Waals surface area contributed by atoms with Gasteiger partial charge in [0.25, 0.3) is 5.56 Å². The van der Waals surface area contributed by atoms with E-state index in [1.165, 1.54) is 19.3 Å². The minimum absolute atomic E-state index is 0.0128. The predicted molar refractivity (Wildman–Crippen MR) is 120 cm³/mol. The molecule has 0 fully saturated rings. The first-order chi connectivity index (χ1) is 12.6. The topological polar surface area (TPSA) is 34.9 Å². The molecule has 0 unspecified atom stereocenters. The van der Waals surface area contributed by atoms with Crippen molar-refractivity contribution in [2.45, 2.75) is 44.7 Å². The number of para-hydroxylation sites is 1. The molecule has 0 aliphatic carbocycles. The summed E-state index contributed by atoms with van der Waals surface area (Å²) in [5.41, 5.74) is 2.78. The summed E-state index contributed by atoms with van der Waals surface area (Å²) in [6, 6.07) is 13.9. The van der Waals surface area contributed by atoms with E-state index in [-0.39, 0.29) is 5.56 Å². The lowest BCUT2D eigenvalue weighted by Crippen LogP contribution is -2.22. The van der Waals surface area contributed by atoms with Gasteiger partial charge in [0.2, 0.25) is 0 Å². The average Bonchev–Trinajstić information content (AvgIpc) is 2.63. The average molecular weight is 478 g/mol. The zero-order valence-corrected chi connectivity index (χ0v) is 18.1. The van der Waals surface area contributed by atoms with Crippen molar-refractivity contribution < 1.29 is 0 Å². The maximum absolute atomic E-state index is 13.3. The molecule has 3 rings (SSSR count). The Morgan fingerprint density at radius 2 is 1.92 bits per heavy atom. The third kappa shape index (κ3) is 4.31. The van der Waals surface area contributed by atoms with E-state index in [2.05, 4.69) is 29.5 Å². The zero-order chi connectivity index (χ0) is 18.5. The second-order valence-electron chi connectivity index (χ2n) is 6.39. The van der Waals surface area contributed by atoms with Gasteiger partial charge in [-0.2, -0.15) is 0 Å². The molecule has 5 heteroatoms. The van der Waals surface area contributed by atoms with E-state index in [0.717, 1.165) is 37.7 Å². The Kier molecular flexibility index (Phi) is 6.75. The van der Waals surface area contributed by atoms with Gasteiger partial charge in [0.15, 0.2) is 5.16 Å². The van der Waals surface area contributed by atoms with Gasteiger partial charge in [-0.25, -0.2) is 4.98 Å². The Balaban J connectivity index is 2.09. The van der Waals surface area contributed by atoms with Crippen LogP contribution in [0.4, 0.5) is 0 Å². The molecule has 0 aliphatic rings. The number of aryl methyl sites for hydroxylation is 1. The van der Waals surface area contributed by atoms with E-state index >= 15 is 0 Å². The lowest BCUT2D eigenvalue weighted by molar-refractivity contribution is 0.705. The molecule has 0 amide bonds. The van der Waals surface area contributed by atoms with Crippen LogP contribution >= 0.6 is 34.4 Å². The van der Waals surface area contributed by atoms with Gasteiger partial charge in [0.1, 0.15) is 0 Å². The number of thioether (sulfide) groups is 1. The minimum Gasteiger partial charge on any atom is -0.268 e. The highest BCUT2D eigenvalue weighted by Crippen LogP contribution is 2.24. The number of halogens is 1. The molecular weight excluding hydrogens is 455 g/mol. The van der Waals surface area contributed by atoms with E-state index in [1.54, 1.807) is 16.3 Å². The number of nitrogens with zero attached hydrogens (tertiary/aromatic N) is 2. The fourth-order valence-corrected chi connectivity index (χ4v) is 4.45. The molecule has 0 radical (unpaired) electrons. The Labute approximate surface area is 172 Å². The van der Waals surface area contributed by atoms with Crippen LogP contribution in [0.1, 0.15) is 38.2 Å². The molecule has 0 saturated carbocycles. The van der Waals surface area contributed by atoms with Gasteiger partial charge in [0, 0.05) is 9.32 Å².